The summed E-state index contributed by atoms with van der Waals surface area (Å²) in [5.41, 5.74) is -0.450. The van der Waals surface area contributed by atoms with Crippen molar-refractivity contribution in [2.24, 2.45) is 0 Å². The highest BCUT2D eigenvalue weighted by Gasteiger charge is 2.19. The van der Waals surface area contributed by atoms with E-state index in [9.17, 15) is 22.8 Å². The Hall–Kier alpha value is -2.05. The first-order valence-electron chi connectivity index (χ1n) is 8.11. The van der Waals surface area contributed by atoms with Gasteiger partial charge >= 0.3 is 0 Å². The first-order chi connectivity index (χ1) is 11.4. The van der Waals surface area contributed by atoms with Gasteiger partial charge in [-0.15, -0.1) is 0 Å². The second-order valence-electron chi connectivity index (χ2n) is 5.54. The number of nitrogens with zero attached hydrogens (tertiary/aromatic N) is 1. The number of hydrogen-bond acceptors (Lipinski definition) is 2. The van der Waals surface area contributed by atoms with Gasteiger partial charge in [-0.1, -0.05) is 26.7 Å². The number of nitrogens with one attached hydrogen (secondary N) is 1. The average Bonchev–Trinajstić information content (AvgIpc) is 2.55. The Morgan fingerprint density at radius 3 is 2.38 bits per heavy atom. The molecule has 1 N–H and O–H groups in total. The van der Waals surface area contributed by atoms with Crippen LogP contribution in [0.3, 0.4) is 0 Å². The van der Waals surface area contributed by atoms with Crippen molar-refractivity contribution in [1.29, 1.82) is 0 Å². The van der Waals surface area contributed by atoms with Crippen LogP contribution in [0, 0.1) is 17.5 Å². The molecule has 0 bridgehead atoms. The van der Waals surface area contributed by atoms with Gasteiger partial charge in [0.25, 0.3) is 0 Å². The van der Waals surface area contributed by atoms with Gasteiger partial charge in [-0.3, -0.25) is 9.59 Å². The van der Waals surface area contributed by atoms with Crippen molar-refractivity contribution in [3.63, 3.8) is 0 Å². The molecule has 0 atom stereocenters. The van der Waals surface area contributed by atoms with Crippen LogP contribution in [0.4, 0.5) is 18.9 Å². The summed E-state index contributed by atoms with van der Waals surface area (Å²) in [5, 5.41) is 2.17. The maximum atomic E-state index is 13.6. The molecule has 0 radical (unpaired) electrons. The second-order valence-corrected chi connectivity index (χ2v) is 5.54. The van der Waals surface area contributed by atoms with Gasteiger partial charge < -0.3 is 10.2 Å². The average molecular weight is 344 g/mol. The zero-order chi connectivity index (χ0) is 18.1. The zero-order valence-corrected chi connectivity index (χ0v) is 14.0. The molecule has 0 saturated carbocycles. The highest BCUT2D eigenvalue weighted by molar-refractivity contribution is 5.94. The van der Waals surface area contributed by atoms with Gasteiger partial charge in [0.1, 0.15) is 0 Å². The molecule has 7 heteroatoms. The number of amides is 2. The largest absolute Gasteiger partial charge is 0.333 e. The van der Waals surface area contributed by atoms with Crippen molar-refractivity contribution >= 4 is 17.5 Å². The number of anilines is 1. The summed E-state index contributed by atoms with van der Waals surface area (Å²) in [6.45, 7) is 4.05. The van der Waals surface area contributed by atoms with E-state index in [1.807, 2.05) is 13.8 Å². The van der Waals surface area contributed by atoms with Gasteiger partial charge in [0.15, 0.2) is 17.5 Å². The lowest BCUT2D eigenvalue weighted by Gasteiger charge is -2.21. The maximum Gasteiger partial charge on any atom is 0.244 e. The summed E-state index contributed by atoms with van der Waals surface area (Å²) in [5.74, 6) is -5.24. The Kier molecular flexibility index (Phi) is 8.29. The lowest BCUT2D eigenvalue weighted by Crippen LogP contribution is -2.38. The molecule has 2 amide bonds. The summed E-state index contributed by atoms with van der Waals surface area (Å²) in [6, 6.07) is 1.67. The number of rotatable bonds is 9. The molecular weight excluding hydrogens is 321 g/mol. The Morgan fingerprint density at radius 1 is 1.04 bits per heavy atom. The van der Waals surface area contributed by atoms with Gasteiger partial charge in [-0.05, 0) is 25.0 Å². The molecule has 1 rings (SSSR count). The van der Waals surface area contributed by atoms with Crippen molar-refractivity contribution in [2.45, 2.75) is 46.0 Å². The summed E-state index contributed by atoms with van der Waals surface area (Å²) < 4.78 is 39.6. The van der Waals surface area contributed by atoms with Crippen LogP contribution in [0.15, 0.2) is 12.1 Å². The Bertz CT molecular complexity index is 579. The van der Waals surface area contributed by atoms with Gasteiger partial charge in [-0.25, -0.2) is 13.2 Å². The molecule has 0 aliphatic rings. The van der Waals surface area contributed by atoms with Crippen molar-refractivity contribution < 1.29 is 22.8 Å². The molecule has 0 saturated heterocycles. The van der Waals surface area contributed by atoms with Crippen LogP contribution in [0.2, 0.25) is 0 Å². The number of hydrogen-bond donors (Lipinski definition) is 1. The van der Waals surface area contributed by atoms with Gasteiger partial charge in [-0.2, -0.15) is 0 Å². The van der Waals surface area contributed by atoms with Crippen molar-refractivity contribution in [3.8, 4) is 0 Å². The SMILES string of the molecule is CCCCCC(=O)N(CCC)CC(=O)Nc1ccc(F)c(F)c1F. The molecule has 0 heterocycles. The number of carbonyl (C=O) groups excluding carboxylic acids is 2. The quantitative estimate of drug-likeness (QED) is 0.546. The molecule has 0 fully saturated rings. The van der Waals surface area contributed by atoms with Crippen LogP contribution in [0.5, 0.6) is 0 Å². The van der Waals surface area contributed by atoms with E-state index in [0.29, 0.717) is 19.4 Å². The number of halogens is 3. The molecule has 4 nitrogen and oxygen atoms in total. The highest BCUT2D eigenvalue weighted by Crippen LogP contribution is 2.19. The van der Waals surface area contributed by atoms with Gasteiger partial charge in [0, 0.05) is 13.0 Å². The van der Waals surface area contributed by atoms with Crippen LogP contribution in [-0.2, 0) is 9.59 Å². The fraction of sp³-hybridized carbons (Fsp3) is 0.529. The molecule has 24 heavy (non-hydrogen) atoms. The monoisotopic (exact) mass is 344 g/mol. The number of unbranched alkanes of at least 4 members (excludes halogenated alkanes) is 2. The lowest BCUT2D eigenvalue weighted by atomic mass is 10.2. The van der Waals surface area contributed by atoms with E-state index in [1.165, 1.54) is 4.90 Å². The Labute approximate surface area is 140 Å². The molecule has 1 aromatic rings. The van der Waals surface area contributed by atoms with E-state index >= 15 is 0 Å². The van der Waals surface area contributed by atoms with E-state index in [0.717, 1.165) is 31.4 Å². The summed E-state index contributed by atoms with van der Waals surface area (Å²) >= 11 is 0. The fourth-order valence-corrected chi connectivity index (χ4v) is 2.23. The predicted octanol–water partition coefficient (Wildman–Crippen LogP) is 3.86. The Morgan fingerprint density at radius 2 is 1.75 bits per heavy atom. The van der Waals surface area contributed by atoms with E-state index < -0.39 is 29.0 Å². The van der Waals surface area contributed by atoms with Gasteiger partial charge in [0.2, 0.25) is 11.8 Å². The third kappa shape index (κ3) is 5.86. The van der Waals surface area contributed by atoms with Crippen LogP contribution in [0.1, 0.15) is 46.0 Å². The third-order valence-electron chi connectivity index (χ3n) is 3.48. The minimum Gasteiger partial charge on any atom is -0.333 e. The topological polar surface area (TPSA) is 49.4 Å². The smallest absolute Gasteiger partial charge is 0.244 e. The van der Waals surface area contributed by atoms with E-state index in [1.54, 1.807) is 0 Å². The fourth-order valence-electron chi connectivity index (χ4n) is 2.23. The number of carbonyl (C=O) groups is 2. The maximum absolute atomic E-state index is 13.6. The van der Waals surface area contributed by atoms with Crippen molar-refractivity contribution in [3.05, 3.63) is 29.6 Å². The summed E-state index contributed by atoms with van der Waals surface area (Å²) in [7, 11) is 0. The summed E-state index contributed by atoms with van der Waals surface area (Å²) in [4.78, 5) is 25.5. The van der Waals surface area contributed by atoms with Crippen LogP contribution in [0.25, 0.3) is 0 Å². The molecular formula is C17H23F3N2O2. The normalized spacial score (nSPS) is 10.5. The molecule has 0 aliphatic heterocycles. The molecule has 134 valence electrons. The third-order valence-corrected chi connectivity index (χ3v) is 3.48. The van der Waals surface area contributed by atoms with E-state index in [4.69, 9.17) is 0 Å². The molecule has 0 aliphatic carbocycles. The molecule has 0 unspecified atom stereocenters. The standard InChI is InChI=1S/C17H23F3N2O2/c1-3-5-6-7-15(24)22(10-4-2)11-14(23)21-13-9-8-12(18)16(19)17(13)20/h8-9H,3-7,10-11H2,1-2H3,(H,21,23). The highest BCUT2D eigenvalue weighted by atomic mass is 19.2. The minimum absolute atomic E-state index is 0.147. The second kappa shape index (κ2) is 9.95. The van der Waals surface area contributed by atoms with E-state index in [2.05, 4.69) is 5.32 Å². The molecule has 0 aromatic heterocycles. The predicted molar refractivity (Wildman–Crippen MR) is 86.0 cm³/mol. The minimum atomic E-state index is -1.64. The number of benzene rings is 1. The van der Waals surface area contributed by atoms with Crippen LogP contribution >= 0.6 is 0 Å². The van der Waals surface area contributed by atoms with E-state index in [-0.39, 0.29) is 12.5 Å². The van der Waals surface area contributed by atoms with Crippen LogP contribution in [-0.4, -0.2) is 29.8 Å². The molecule has 0 spiro atoms. The molecule has 1 aromatic carbocycles. The van der Waals surface area contributed by atoms with Gasteiger partial charge in [0.05, 0.1) is 12.2 Å². The summed E-state index contributed by atoms with van der Waals surface area (Å²) in [6.07, 6.45) is 3.68. The van der Waals surface area contributed by atoms with Crippen molar-refractivity contribution in [1.82, 2.24) is 4.90 Å². The van der Waals surface area contributed by atoms with Crippen molar-refractivity contribution in [2.75, 3.05) is 18.4 Å². The zero-order valence-electron chi connectivity index (χ0n) is 14.0. The lowest BCUT2D eigenvalue weighted by molar-refractivity contribution is -0.134. The first kappa shape index (κ1) is 20.0. The Balaban J connectivity index is 2.68. The van der Waals surface area contributed by atoms with Crippen LogP contribution < -0.4 is 5.32 Å². The first-order valence-corrected chi connectivity index (χ1v) is 8.11.